The van der Waals surface area contributed by atoms with Crippen molar-refractivity contribution in [3.8, 4) is 0 Å². The standard InChI is InChI=1S/C16H12F3NO4/c17-16(18,19)10-3-1-9(2-4-10)8-20-11-5-6-12(14(21)22)13(7-11)15(23)24/h1-7,20H,8H2,(H,21,22)(H,23,24). The first kappa shape index (κ1) is 17.3. The first-order valence-corrected chi connectivity index (χ1v) is 6.69. The molecule has 0 aliphatic heterocycles. The van der Waals surface area contributed by atoms with Crippen molar-refractivity contribution >= 4 is 17.6 Å². The first-order chi connectivity index (χ1) is 11.2. The van der Waals surface area contributed by atoms with Crippen LogP contribution in [-0.4, -0.2) is 22.2 Å². The van der Waals surface area contributed by atoms with Crippen LogP contribution in [0.5, 0.6) is 0 Å². The molecule has 3 N–H and O–H groups in total. The molecule has 0 bridgehead atoms. The zero-order valence-electron chi connectivity index (χ0n) is 12.1. The Morgan fingerprint density at radius 2 is 1.50 bits per heavy atom. The minimum absolute atomic E-state index is 0.156. The minimum Gasteiger partial charge on any atom is -0.478 e. The molecule has 0 saturated heterocycles. The second kappa shape index (κ2) is 6.61. The molecule has 8 heteroatoms. The van der Waals surface area contributed by atoms with Crippen LogP contribution in [0.15, 0.2) is 42.5 Å². The summed E-state index contributed by atoms with van der Waals surface area (Å²) in [7, 11) is 0. The molecule has 0 spiro atoms. The van der Waals surface area contributed by atoms with Gasteiger partial charge in [-0.2, -0.15) is 13.2 Å². The summed E-state index contributed by atoms with van der Waals surface area (Å²) >= 11 is 0. The van der Waals surface area contributed by atoms with Gasteiger partial charge in [0.15, 0.2) is 0 Å². The van der Waals surface area contributed by atoms with Gasteiger partial charge in [0, 0.05) is 12.2 Å². The van der Waals surface area contributed by atoms with Crippen molar-refractivity contribution in [1.29, 1.82) is 0 Å². The van der Waals surface area contributed by atoms with Crippen LogP contribution in [0, 0.1) is 0 Å². The van der Waals surface area contributed by atoms with Gasteiger partial charge in [0.25, 0.3) is 0 Å². The van der Waals surface area contributed by atoms with Gasteiger partial charge in [0.1, 0.15) is 0 Å². The van der Waals surface area contributed by atoms with E-state index in [2.05, 4.69) is 5.32 Å². The van der Waals surface area contributed by atoms with Crippen molar-refractivity contribution in [3.05, 3.63) is 64.7 Å². The minimum atomic E-state index is -4.41. The third kappa shape index (κ3) is 4.03. The van der Waals surface area contributed by atoms with E-state index >= 15 is 0 Å². The summed E-state index contributed by atoms with van der Waals surface area (Å²) in [5.41, 5.74) is -0.577. The third-order valence-electron chi connectivity index (χ3n) is 3.26. The molecule has 2 aromatic carbocycles. The SMILES string of the molecule is O=C(O)c1ccc(NCc2ccc(C(F)(F)F)cc2)cc1C(=O)O. The quantitative estimate of drug-likeness (QED) is 0.773. The fourth-order valence-corrected chi connectivity index (χ4v) is 2.03. The number of alkyl halides is 3. The highest BCUT2D eigenvalue weighted by Crippen LogP contribution is 2.29. The Kier molecular flexibility index (Phi) is 4.77. The predicted molar refractivity (Wildman–Crippen MR) is 79.1 cm³/mol. The van der Waals surface area contributed by atoms with E-state index < -0.39 is 23.7 Å². The Hall–Kier alpha value is -3.03. The molecule has 0 heterocycles. The van der Waals surface area contributed by atoms with Gasteiger partial charge < -0.3 is 15.5 Å². The summed E-state index contributed by atoms with van der Waals surface area (Å²) in [4.78, 5) is 22.0. The van der Waals surface area contributed by atoms with Gasteiger partial charge in [-0.25, -0.2) is 9.59 Å². The van der Waals surface area contributed by atoms with Crippen LogP contribution < -0.4 is 5.32 Å². The molecule has 0 aromatic heterocycles. The van der Waals surface area contributed by atoms with Crippen LogP contribution in [0.4, 0.5) is 18.9 Å². The number of carboxylic acid groups (broad SMARTS) is 2. The Morgan fingerprint density at radius 1 is 0.917 bits per heavy atom. The van der Waals surface area contributed by atoms with E-state index in [1.54, 1.807) is 0 Å². The van der Waals surface area contributed by atoms with Crippen molar-refractivity contribution in [2.75, 3.05) is 5.32 Å². The molecule has 0 aliphatic rings. The largest absolute Gasteiger partial charge is 0.478 e. The molecule has 0 unspecified atom stereocenters. The molecule has 0 atom stereocenters. The molecule has 0 fully saturated rings. The maximum absolute atomic E-state index is 12.5. The molecule has 0 aliphatic carbocycles. The first-order valence-electron chi connectivity index (χ1n) is 6.69. The van der Waals surface area contributed by atoms with E-state index in [1.165, 1.54) is 18.2 Å². The van der Waals surface area contributed by atoms with Crippen molar-refractivity contribution in [1.82, 2.24) is 0 Å². The van der Waals surface area contributed by atoms with Crippen LogP contribution >= 0.6 is 0 Å². The lowest BCUT2D eigenvalue weighted by Crippen LogP contribution is -2.09. The summed E-state index contributed by atoms with van der Waals surface area (Å²) in [5.74, 6) is -2.74. The molecule has 2 rings (SSSR count). The maximum Gasteiger partial charge on any atom is 0.416 e. The number of anilines is 1. The molecule has 0 amide bonds. The summed E-state index contributed by atoms with van der Waals surface area (Å²) in [5, 5.41) is 20.8. The zero-order chi connectivity index (χ0) is 17.9. The van der Waals surface area contributed by atoms with E-state index in [0.29, 0.717) is 11.3 Å². The van der Waals surface area contributed by atoms with E-state index in [0.717, 1.165) is 24.3 Å². The van der Waals surface area contributed by atoms with Crippen LogP contribution in [-0.2, 0) is 12.7 Å². The number of carboxylic acids is 2. The number of benzene rings is 2. The Labute approximate surface area is 134 Å². The number of nitrogens with one attached hydrogen (secondary N) is 1. The summed E-state index contributed by atoms with van der Waals surface area (Å²) in [6.07, 6.45) is -4.41. The Bertz CT molecular complexity index is 770. The summed E-state index contributed by atoms with van der Waals surface area (Å²) in [6.45, 7) is 0.156. The normalized spacial score (nSPS) is 11.1. The molecular weight excluding hydrogens is 327 g/mol. The lowest BCUT2D eigenvalue weighted by atomic mass is 10.1. The fourth-order valence-electron chi connectivity index (χ4n) is 2.03. The van der Waals surface area contributed by atoms with Crippen LogP contribution in [0.2, 0.25) is 0 Å². The third-order valence-corrected chi connectivity index (χ3v) is 3.26. The number of hydrogen-bond donors (Lipinski definition) is 3. The molecule has 2 aromatic rings. The van der Waals surface area contributed by atoms with Crippen molar-refractivity contribution < 1.29 is 33.0 Å². The summed E-state index contributed by atoms with van der Waals surface area (Å²) < 4.78 is 37.4. The second-order valence-corrected chi connectivity index (χ2v) is 4.92. The van der Waals surface area contributed by atoms with E-state index in [-0.39, 0.29) is 17.7 Å². The Morgan fingerprint density at radius 3 is 2.00 bits per heavy atom. The average molecular weight is 339 g/mol. The number of halogens is 3. The highest BCUT2D eigenvalue weighted by atomic mass is 19.4. The highest BCUT2D eigenvalue weighted by Gasteiger charge is 2.29. The van der Waals surface area contributed by atoms with Crippen molar-refractivity contribution in [3.63, 3.8) is 0 Å². The molecule has 0 radical (unpaired) electrons. The number of aromatic carboxylic acids is 2. The van der Waals surface area contributed by atoms with E-state index in [9.17, 15) is 22.8 Å². The number of rotatable bonds is 5. The van der Waals surface area contributed by atoms with Gasteiger partial charge >= 0.3 is 18.1 Å². The number of carbonyl (C=O) groups is 2. The molecule has 5 nitrogen and oxygen atoms in total. The molecular formula is C16H12F3NO4. The van der Waals surface area contributed by atoms with Crippen LogP contribution in [0.3, 0.4) is 0 Å². The molecule has 24 heavy (non-hydrogen) atoms. The van der Waals surface area contributed by atoms with Gasteiger partial charge in [-0.15, -0.1) is 0 Å². The smallest absolute Gasteiger partial charge is 0.416 e. The lowest BCUT2D eigenvalue weighted by molar-refractivity contribution is -0.137. The lowest BCUT2D eigenvalue weighted by Gasteiger charge is -2.10. The zero-order valence-corrected chi connectivity index (χ0v) is 12.1. The second-order valence-electron chi connectivity index (χ2n) is 4.92. The maximum atomic E-state index is 12.5. The molecule has 126 valence electrons. The topological polar surface area (TPSA) is 86.6 Å². The van der Waals surface area contributed by atoms with Gasteiger partial charge in [-0.1, -0.05) is 12.1 Å². The Balaban J connectivity index is 2.13. The van der Waals surface area contributed by atoms with Gasteiger partial charge in [0.05, 0.1) is 16.7 Å². The fraction of sp³-hybridized carbons (Fsp3) is 0.125. The number of hydrogen-bond acceptors (Lipinski definition) is 3. The van der Waals surface area contributed by atoms with E-state index in [4.69, 9.17) is 10.2 Å². The van der Waals surface area contributed by atoms with Gasteiger partial charge in [-0.05, 0) is 35.9 Å². The van der Waals surface area contributed by atoms with Gasteiger partial charge in [-0.3, -0.25) is 0 Å². The van der Waals surface area contributed by atoms with Gasteiger partial charge in [0.2, 0.25) is 0 Å². The van der Waals surface area contributed by atoms with Crippen molar-refractivity contribution in [2.24, 2.45) is 0 Å². The van der Waals surface area contributed by atoms with Crippen LogP contribution in [0.25, 0.3) is 0 Å². The van der Waals surface area contributed by atoms with Crippen LogP contribution in [0.1, 0.15) is 31.8 Å². The molecule has 0 saturated carbocycles. The average Bonchev–Trinajstić information content (AvgIpc) is 2.52. The summed E-state index contributed by atoms with van der Waals surface area (Å²) in [6, 6.07) is 8.22. The monoisotopic (exact) mass is 339 g/mol. The highest BCUT2D eigenvalue weighted by molar-refractivity contribution is 6.02. The van der Waals surface area contributed by atoms with Crippen molar-refractivity contribution in [2.45, 2.75) is 12.7 Å². The van der Waals surface area contributed by atoms with E-state index in [1.807, 2.05) is 0 Å². The predicted octanol–water partition coefficient (Wildman–Crippen LogP) is 3.71.